The minimum Gasteiger partial charge on any atom is -0.314 e. The van der Waals surface area contributed by atoms with Crippen molar-refractivity contribution in [2.24, 2.45) is 0 Å². The van der Waals surface area contributed by atoms with Crippen molar-refractivity contribution in [3.05, 3.63) is 29.6 Å². The summed E-state index contributed by atoms with van der Waals surface area (Å²) in [6.45, 7) is 6.75. The van der Waals surface area contributed by atoms with Crippen molar-refractivity contribution in [3.8, 4) is 0 Å². The standard InChI is InChI=1S/C15H25N3/c1-12-11-16-7-4-14(12)5-8-17-15-6-9-18(3)13(2)10-15/h4,7,11,13,15,17H,5-6,8-10H2,1-3H3. The first-order chi connectivity index (χ1) is 8.66. The third kappa shape index (κ3) is 3.53. The number of likely N-dealkylation sites (tertiary alicyclic amines) is 1. The summed E-state index contributed by atoms with van der Waals surface area (Å²) in [5, 5.41) is 3.70. The van der Waals surface area contributed by atoms with Crippen LogP contribution in [0.25, 0.3) is 0 Å². The maximum Gasteiger partial charge on any atom is 0.0299 e. The van der Waals surface area contributed by atoms with E-state index in [4.69, 9.17) is 0 Å². The molecule has 3 heteroatoms. The quantitative estimate of drug-likeness (QED) is 0.882. The molecule has 1 aliphatic heterocycles. The second kappa shape index (κ2) is 6.30. The van der Waals surface area contributed by atoms with Crippen LogP contribution in [-0.4, -0.2) is 42.1 Å². The molecule has 2 heterocycles. The molecular weight excluding hydrogens is 222 g/mol. The zero-order valence-electron chi connectivity index (χ0n) is 11.8. The predicted octanol–water partition coefficient (Wildman–Crippen LogP) is 2.00. The number of hydrogen-bond donors (Lipinski definition) is 1. The third-order valence-corrected chi connectivity index (χ3v) is 4.17. The maximum atomic E-state index is 4.14. The maximum absolute atomic E-state index is 4.14. The van der Waals surface area contributed by atoms with Crippen molar-refractivity contribution >= 4 is 0 Å². The average Bonchev–Trinajstić information content (AvgIpc) is 2.36. The highest BCUT2D eigenvalue weighted by Gasteiger charge is 2.21. The minimum atomic E-state index is 0.693. The topological polar surface area (TPSA) is 28.2 Å². The molecular formula is C15H25N3. The highest BCUT2D eigenvalue weighted by Crippen LogP contribution is 2.15. The second-order valence-corrected chi connectivity index (χ2v) is 5.56. The average molecular weight is 247 g/mol. The van der Waals surface area contributed by atoms with Gasteiger partial charge >= 0.3 is 0 Å². The number of aryl methyl sites for hydroxylation is 1. The van der Waals surface area contributed by atoms with Gasteiger partial charge in [-0.1, -0.05) is 0 Å². The number of aromatic nitrogens is 1. The number of nitrogens with zero attached hydrogens (tertiary/aromatic N) is 2. The zero-order chi connectivity index (χ0) is 13.0. The van der Waals surface area contributed by atoms with Gasteiger partial charge in [-0.15, -0.1) is 0 Å². The molecule has 1 fully saturated rings. The van der Waals surface area contributed by atoms with Crippen LogP contribution in [-0.2, 0) is 6.42 Å². The van der Waals surface area contributed by atoms with Crippen LogP contribution in [0, 0.1) is 6.92 Å². The van der Waals surface area contributed by atoms with E-state index in [-0.39, 0.29) is 0 Å². The van der Waals surface area contributed by atoms with E-state index in [1.54, 1.807) is 0 Å². The molecule has 0 radical (unpaired) electrons. The van der Waals surface area contributed by atoms with Crippen LogP contribution in [0.1, 0.15) is 30.9 Å². The van der Waals surface area contributed by atoms with Crippen LogP contribution in [0.2, 0.25) is 0 Å². The van der Waals surface area contributed by atoms with Gasteiger partial charge in [-0.25, -0.2) is 0 Å². The number of rotatable bonds is 4. The van der Waals surface area contributed by atoms with Crippen molar-refractivity contribution in [1.82, 2.24) is 15.2 Å². The molecule has 18 heavy (non-hydrogen) atoms. The highest BCUT2D eigenvalue weighted by atomic mass is 15.1. The molecule has 1 N–H and O–H groups in total. The van der Waals surface area contributed by atoms with Crippen LogP contribution < -0.4 is 5.32 Å². The van der Waals surface area contributed by atoms with Crippen molar-refractivity contribution in [1.29, 1.82) is 0 Å². The number of nitrogens with one attached hydrogen (secondary N) is 1. The monoisotopic (exact) mass is 247 g/mol. The van der Waals surface area contributed by atoms with Crippen molar-refractivity contribution in [2.75, 3.05) is 20.1 Å². The number of piperidine rings is 1. The summed E-state index contributed by atoms with van der Waals surface area (Å²) < 4.78 is 0. The van der Waals surface area contributed by atoms with E-state index < -0.39 is 0 Å². The lowest BCUT2D eigenvalue weighted by Gasteiger charge is -2.35. The smallest absolute Gasteiger partial charge is 0.0299 e. The summed E-state index contributed by atoms with van der Waals surface area (Å²) in [4.78, 5) is 6.58. The molecule has 2 rings (SSSR count). The Hall–Kier alpha value is -0.930. The van der Waals surface area contributed by atoms with Gasteiger partial charge in [0.1, 0.15) is 0 Å². The lowest BCUT2D eigenvalue weighted by Crippen LogP contribution is -2.46. The van der Waals surface area contributed by atoms with E-state index in [0.717, 1.165) is 13.0 Å². The van der Waals surface area contributed by atoms with Crippen LogP contribution in [0.15, 0.2) is 18.5 Å². The summed E-state index contributed by atoms with van der Waals surface area (Å²) in [5.41, 5.74) is 2.72. The van der Waals surface area contributed by atoms with Gasteiger partial charge in [0.15, 0.2) is 0 Å². The van der Waals surface area contributed by atoms with Gasteiger partial charge in [-0.2, -0.15) is 0 Å². The molecule has 0 aliphatic carbocycles. The molecule has 2 atom stereocenters. The van der Waals surface area contributed by atoms with Crippen LogP contribution in [0.3, 0.4) is 0 Å². The Morgan fingerprint density at radius 1 is 1.50 bits per heavy atom. The first kappa shape index (κ1) is 13.5. The van der Waals surface area contributed by atoms with Crippen molar-refractivity contribution < 1.29 is 0 Å². The first-order valence-corrected chi connectivity index (χ1v) is 7.00. The van der Waals surface area contributed by atoms with Gasteiger partial charge in [0.2, 0.25) is 0 Å². The first-order valence-electron chi connectivity index (χ1n) is 7.00. The van der Waals surface area contributed by atoms with E-state index in [9.17, 15) is 0 Å². The normalized spacial score (nSPS) is 25.3. The van der Waals surface area contributed by atoms with Crippen LogP contribution in [0.4, 0.5) is 0 Å². The molecule has 3 nitrogen and oxygen atoms in total. The molecule has 2 unspecified atom stereocenters. The molecule has 1 aromatic heterocycles. The largest absolute Gasteiger partial charge is 0.314 e. The van der Waals surface area contributed by atoms with Gasteiger partial charge in [0.05, 0.1) is 0 Å². The van der Waals surface area contributed by atoms with E-state index in [1.807, 2.05) is 12.4 Å². The van der Waals surface area contributed by atoms with Gasteiger partial charge in [0.25, 0.3) is 0 Å². The fraction of sp³-hybridized carbons (Fsp3) is 0.667. The van der Waals surface area contributed by atoms with E-state index in [1.165, 1.54) is 30.5 Å². The SMILES string of the molecule is Cc1cnccc1CCNC1CCN(C)C(C)C1. The predicted molar refractivity (Wildman–Crippen MR) is 75.8 cm³/mol. The summed E-state index contributed by atoms with van der Waals surface area (Å²) in [6.07, 6.45) is 7.49. The summed E-state index contributed by atoms with van der Waals surface area (Å²) >= 11 is 0. The van der Waals surface area contributed by atoms with Crippen LogP contribution in [0.5, 0.6) is 0 Å². The Bertz CT molecular complexity index is 378. The fourth-order valence-corrected chi connectivity index (χ4v) is 2.67. The van der Waals surface area contributed by atoms with Gasteiger partial charge in [0, 0.05) is 24.5 Å². The van der Waals surface area contributed by atoms with E-state index in [2.05, 4.69) is 42.2 Å². The van der Waals surface area contributed by atoms with Crippen molar-refractivity contribution in [2.45, 2.75) is 45.2 Å². The lowest BCUT2D eigenvalue weighted by molar-refractivity contribution is 0.169. The number of hydrogen-bond acceptors (Lipinski definition) is 3. The molecule has 1 aromatic rings. The van der Waals surface area contributed by atoms with E-state index in [0.29, 0.717) is 12.1 Å². The molecule has 0 spiro atoms. The second-order valence-electron chi connectivity index (χ2n) is 5.56. The van der Waals surface area contributed by atoms with Gasteiger partial charge in [-0.05, 0) is 70.4 Å². The molecule has 1 aliphatic rings. The van der Waals surface area contributed by atoms with Crippen molar-refractivity contribution in [3.63, 3.8) is 0 Å². The van der Waals surface area contributed by atoms with E-state index >= 15 is 0 Å². The molecule has 0 amide bonds. The van der Waals surface area contributed by atoms with Gasteiger partial charge in [-0.3, -0.25) is 4.98 Å². The highest BCUT2D eigenvalue weighted by molar-refractivity contribution is 5.21. The Kier molecular flexibility index (Phi) is 4.72. The Labute approximate surface area is 111 Å². The fourth-order valence-electron chi connectivity index (χ4n) is 2.67. The Morgan fingerprint density at radius 2 is 2.33 bits per heavy atom. The molecule has 0 saturated carbocycles. The summed E-state index contributed by atoms with van der Waals surface area (Å²) in [5.74, 6) is 0. The third-order valence-electron chi connectivity index (χ3n) is 4.17. The Balaban J connectivity index is 1.74. The minimum absolute atomic E-state index is 0.693. The zero-order valence-corrected chi connectivity index (χ0v) is 11.8. The summed E-state index contributed by atoms with van der Waals surface area (Å²) in [6, 6.07) is 3.53. The Morgan fingerprint density at radius 3 is 3.06 bits per heavy atom. The molecule has 0 bridgehead atoms. The summed E-state index contributed by atoms with van der Waals surface area (Å²) in [7, 11) is 2.22. The number of pyridine rings is 1. The molecule has 1 saturated heterocycles. The lowest BCUT2D eigenvalue weighted by atomic mass is 9.98. The van der Waals surface area contributed by atoms with Gasteiger partial charge < -0.3 is 10.2 Å². The molecule has 0 aromatic carbocycles. The van der Waals surface area contributed by atoms with Crippen LogP contribution >= 0.6 is 0 Å². The molecule has 100 valence electrons.